The van der Waals surface area contributed by atoms with Gasteiger partial charge in [0.15, 0.2) is 0 Å². The molecule has 0 atom stereocenters. The zero-order valence-corrected chi connectivity index (χ0v) is 10.7. The number of ether oxygens (including phenoxy) is 1. The summed E-state index contributed by atoms with van der Waals surface area (Å²) < 4.78 is 77.5. The molecule has 1 rings (SSSR count). The van der Waals surface area contributed by atoms with E-state index in [1.54, 1.807) is 0 Å². The summed E-state index contributed by atoms with van der Waals surface area (Å²) in [5.41, 5.74) is 0. The molecule has 0 spiro atoms. The molecule has 0 saturated heterocycles. The summed E-state index contributed by atoms with van der Waals surface area (Å²) in [7, 11) is 0. The number of esters is 1. The highest BCUT2D eigenvalue weighted by molar-refractivity contribution is 5.72. The van der Waals surface area contributed by atoms with Crippen molar-refractivity contribution in [2.45, 2.75) is 63.4 Å². The van der Waals surface area contributed by atoms with Crippen molar-refractivity contribution < 1.29 is 35.9 Å². The summed E-state index contributed by atoms with van der Waals surface area (Å²) in [6.07, 6.45) is -10.9. The molecule has 0 aromatic carbocycles. The van der Waals surface area contributed by atoms with Crippen LogP contribution in [0, 0.1) is 5.92 Å². The van der Waals surface area contributed by atoms with E-state index in [2.05, 4.69) is 4.74 Å². The Morgan fingerprint density at radius 3 is 1.65 bits per heavy atom. The van der Waals surface area contributed by atoms with Crippen LogP contribution < -0.4 is 0 Å². The summed E-state index contributed by atoms with van der Waals surface area (Å²) in [6.45, 7) is 0. The number of hydrogen-bond acceptors (Lipinski definition) is 2. The topological polar surface area (TPSA) is 26.3 Å². The first-order chi connectivity index (χ1) is 9.12. The van der Waals surface area contributed by atoms with Gasteiger partial charge in [0, 0.05) is 0 Å². The molecule has 0 heterocycles. The molecular weight excluding hydrogens is 290 g/mol. The van der Waals surface area contributed by atoms with Gasteiger partial charge in [-0.05, 0) is 12.8 Å². The number of carbonyl (C=O) groups excluding carboxylic acids is 1. The highest BCUT2D eigenvalue weighted by Crippen LogP contribution is 2.37. The first-order valence-corrected chi connectivity index (χ1v) is 6.46. The fraction of sp³-hybridized carbons (Fsp3) is 0.917. The van der Waals surface area contributed by atoms with Crippen LogP contribution in [0.2, 0.25) is 0 Å². The SMILES string of the molecule is O=C(OC(C(F)(F)F)C(F)(F)F)C1CCCCCCC1. The molecule has 20 heavy (non-hydrogen) atoms. The Bertz CT molecular complexity index is 301. The molecular formula is C12H16F6O2. The second-order valence-electron chi connectivity index (χ2n) is 4.94. The molecule has 0 unspecified atom stereocenters. The van der Waals surface area contributed by atoms with Gasteiger partial charge in [0.2, 0.25) is 0 Å². The van der Waals surface area contributed by atoms with Crippen molar-refractivity contribution in [2.24, 2.45) is 5.92 Å². The lowest BCUT2D eigenvalue weighted by Crippen LogP contribution is -2.46. The predicted molar refractivity (Wildman–Crippen MR) is 57.8 cm³/mol. The normalized spacial score (nSPS) is 19.6. The van der Waals surface area contributed by atoms with Gasteiger partial charge < -0.3 is 4.74 Å². The fourth-order valence-corrected chi connectivity index (χ4v) is 2.22. The van der Waals surface area contributed by atoms with Crippen molar-refractivity contribution in [3.05, 3.63) is 0 Å². The van der Waals surface area contributed by atoms with Crippen LogP contribution in [0.1, 0.15) is 44.9 Å². The lowest BCUT2D eigenvalue weighted by atomic mass is 9.91. The standard InChI is InChI=1S/C12H16F6O2/c13-11(14,15)10(12(16,17)18)20-9(19)8-6-4-2-1-3-5-7-8/h8,10H,1-7H2. The summed E-state index contributed by atoms with van der Waals surface area (Å²) in [5.74, 6) is -2.27. The monoisotopic (exact) mass is 306 g/mol. The third kappa shape index (κ3) is 5.20. The second kappa shape index (κ2) is 6.67. The molecule has 0 radical (unpaired) electrons. The first kappa shape index (κ1) is 17.1. The van der Waals surface area contributed by atoms with Gasteiger partial charge in [0.05, 0.1) is 5.92 Å². The average molecular weight is 306 g/mol. The molecule has 2 nitrogen and oxygen atoms in total. The van der Waals surface area contributed by atoms with Crippen molar-refractivity contribution in [3.8, 4) is 0 Å². The van der Waals surface area contributed by atoms with Crippen LogP contribution in [-0.4, -0.2) is 24.4 Å². The third-order valence-corrected chi connectivity index (χ3v) is 3.27. The summed E-state index contributed by atoms with van der Waals surface area (Å²) in [4.78, 5) is 11.5. The van der Waals surface area contributed by atoms with E-state index < -0.39 is 30.3 Å². The maximum absolute atomic E-state index is 12.3. The molecule has 0 N–H and O–H groups in total. The molecule has 0 amide bonds. The summed E-state index contributed by atoms with van der Waals surface area (Å²) in [5, 5.41) is 0. The van der Waals surface area contributed by atoms with Crippen LogP contribution in [0.5, 0.6) is 0 Å². The number of halogens is 6. The van der Waals surface area contributed by atoms with Gasteiger partial charge in [-0.3, -0.25) is 4.79 Å². The van der Waals surface area contributed by atoms with Crippen LogP contribution >= 0.6 is 0 Å². The molecule has 1 aliphatic rings. The Labute approximate surface area is 112 Å². The van der Waals surface area contributed by atoms with Gasteiger partial charge in [-0.15, -0.1) is 0 Å². The Hall–Kier alpha value is -0.950. The minimum absolute atomic E-state index is 0.279. The predicted octanol–water partition coefficient (Wildman–Crippen LogP) is 4.38. The second-order valence-corrected chi connectivity index (χ2v) is 4.94. The van der Waals surface area contributed by atoms with E-state index in [0.717, 1.165) is 19.3 Å². The minimum Gasteiger partial charge on any atom is -0.443 e. The Morgan fingerprint density at radius 2 is 1.25 bits per heavy atom. The Balaban J connectivity index is 2.69. The number of hydrogen-bond donors (Lipinski definition) is 0. The van der Waals surface area contributed by atoms with Crippen LogP contribution in [-0.2, 0) is 9.53 Å². The molecule has 1 saturated carbocycles. The number of alkyl halides is 6. The van der Waals surface area contributed by atoms with Crippen molar-refractivity contribution in [1.82, 2.24) is 0 Å². The van der Waals surface area contributed by atoms with E-state index >= 15 is 0 Å². The molecule has 0 aromatic rings. The molecule has 8 heteroatoms. The number of carbonyl (C=O) groups is 1. The fourth-order valence-electron chi connectivity index (χ4n) is 2.22. The zero-order chi connectivity index (χ0) is 15.4. The summed E-state index contributed by atoms with van der Waals surface area (Å²) in [6, 6.07) is 0. The highest BCUT2D eigenvalue weighted by atomic mass is 19.4. The molecule has 1 fully saturated rings. The maximum Gasteiger partial charge on any atom is 0.434 e. The lowest BCUT2D eigenvalue weighted by molar-refractivity contribution is -0.314. The van der Waals surface area contributed by atoms with Crippen LogP contribution in [0.3, 0.4) is 0 Å². The van der Waals surface area contributed by atoms with Gasteiger partial charge in [-0.2, -0.15) is 26.3 Å². The van der Waals surface area contributed by atoms with Gasteiger partial charge in [0.1, 0.15) is 0 Å². The maximum atomic E-state index is 12.3. The average Bonchev–Trinajstić information content (AvgIpc) is 2.21. The van der Waals surface area contributed by atoms with Crippen LogP contribution in [0.15, 0.2) is 0 Å². The molecule has 0 aromatic heterocycles. The number of rotatable bonds is 2. The van der Waals surface area contributed by atoms with E-state index in [1.807, 2.05) is 0 Å². The van der Waals surface area contributed by atoms with Gasteiger partial charge >= 0.3 is 18.3 Å². The smallest absolute Gasteiger partial charge is 0.434 e. The highest BCUT2D eigenvalue weighted by Gasteiger charge is 2.60. The summed E-state index contributed by atoms with van der Waals surface area (Å²) >= 11 is 0. The van der Waals surface area contributed by atoms with E-state index in [9.17, 15) is 31.1 Å². The van der Waals surface area contributed by atoms with Crippen molar-refractivity contribution in [1.29, 1.82) is 0 Å². The van der Waals surface area contributed by atoms with Crippen molar-refractivity contribution >= 4 is 5.97 Å². The van der Waals surface area contributed by atoms with Gasteiger partial charge in [0.25, 0.3) is 6.10 Å². The van der Waals surface area contributed by atoms with Gasteiger partial charge in [-0.25, -0.2) is 0 Å². The van der Waals surface area contributed by atoms with Crippen molar-refractivity contribution in [3.63, 3.8) is 0 Å². The quantitative estimate of drug-likeness (QED) is 0.559. The van der Waals surface area contributed by atoms with E-state index in [1.165, 1.54) is 0 Å². The zero-order valence-electron chi connectivity index (χ0n) is 10.7. The van der Waals surface area contributed by atoms with Crippen LogP contribution in [0.25, 0.3) is 0 Å². The lowest BCUT2D eigenvalue weighted by Gasteiger charge is -2.25. The van der Waals surface area contributed by atoms with E-state index in [0.29, 0.717) is 12.8 Å². The van der Waals surface area contributed by atoms with E-state index in [4.69, 9.17) is 0 Å². The molecule has 1 aliphatic carbocycles. The van der Waals surface area contributed by atoms with Gasteiger partial charge in [-0.1, -0.05) is 32.1 Å². The molecule has 0 bridgehead atoms. The largest absolute Gasteiger partial charge is 0.443 e. The third-order valence-electron chi connectivity index (χ3n) is 3.27. The Kier molecular flexibility index (Phi) is 5.70. The van der Waals surface area contributed by atoms with E-state index in [-0.39, 0.29) is 12.8 Å². The van der Waals surface area contributed by atoms with Crippen molar-refractivity contribution in [2.75, 3.05) is 0 Å². The Morgan fingerprint density at radius 1 is 0.850 bits per heavy atom. The van der Waals surface area contributed by atoms with Crippen LogP contribution in [0.4, 0.5) is 26.3 Å². The molecule has 0 aliphatic heterocycles. The minimum atomic E-state index is -5.64. The first-order valence-electron chi connectivity index (χ1n) is 6.46. The molecule has 118 valence electrons.